The lowest BCUT2D eigenvalue weighted by Crippen LogP contribution is -2.38. The summed E-state index contributed by atoms with van der Waals surface area (Å²) < 4.78 is 21.6. The standard InChI is InChI=1S/C29H27FN6O2/c1-19(29(37)35-12-2-3-13-35)38-26-9-5-8-24-27(26)28(32-18-31-24)34-23-10-11-25-21(15-23)16-33-36(25)17-20-6-4-7-22(30)14-20/h4-11,14-16,18-19H,2-3,12-13,17H2,1H3,(H,31,32,34)/t19-/m0/s1. The van der Waals surface area contributed by atoms with Crippen LogP contribution in [0.15, 0.2) is 73.2 Å². The van der Waals surface area contributed by atoms with Crippen molar-refractivity contribution in [2.45, 2.75) is 32.4 Å². The highest BCUT2D eigenvalue weighted by Crippen LogP contribution is 2.33. The molecule has 0 radical (unpaired) electrons. The molecule has 0 unspecified atom stereocenters. The first-order chi connectivity index (χ1) is 18.5. The van der Waals surface area contributed by atoms with Crippen molar-refractivity contribution in [3.63, 3.8) is 0 Å². The van der Waals surface area contributed by atoms with Crippen molar-refractivity contribution >= 4 is 39.2 Å². The molecule has 1 amide bonds. The van der Waals surface area contributed by atoms with E-state index < -0.39 is 6.10 Å². The van der Waals surface area contributed by atoms with Crippen LogP contribution in [-0.4, -0.2) is 49.7 Å². The predicted molar refractivity (Wildman–Crippen MR) is 144 cm³/mol. The van der Waals surface area contributed by atoms with Gasteiger partial charge in [0.05, 0.1) is 29.2 Å². The molecule has 1 aliphatic rings. The molecular formula is C29H27FN6O2. The minimum absolute atomic E-state index is 0.00781. The Hall–Kier alpha value is -4.53. The summed E-state index contributed by atoms with van der Waals surface area (Å²) >= 11 is 0. The largest absolute Gasteiger partial charge is 0.480 e. The summed E-state index contributed by atoms with van der Waals surface area (Å²) in [5, 5.41) is 9.53. The lowest BCUT2D eigenvalue weighted by Gasteiger charge is -2.22. The molecule has 0 aliphatic carbocycles. The van der Waals surface area contributed by atoms with E-state index in [0.717, 1.165) is 48.1 Å². The zero-order valence-electron chi connectivity index (χ0n) is 21.0. The van der Waals surface area contributed by atoms with Crippen molar-refractivity contribution in [3.05, 3.63) is 84.6 Å². The van der Waals surface area contributed by atoms with Crippen LogP contribution in [0.5, 0.6) is 5.75 Å². The van der Waals surface area contributed by atoms with Gasteiger partial charge in [0.15, 0.2) is 6.10 Å². The van der Waals surface area contributed by atoms with Crippen LogP contribution < -0.4 is 10.1 Å². The predicted octanol–water partition coefficient (Wildman–Crippen LogP) is 5.30. The van der Waals surface area contributed by atoms with E-state index in [1.165, 1.54) is 18.5 Å². The smallest absolute Gasteiger partial charge is 0.263 e. The van der Waals surface area contributed by atoms with Gasteiger partial charge in [0.1, 0.15) is 23.7 Å². The SMILES string of the molecule is C[C@H](Oc1cccc2ncnc(Nc3ccc4c(cnn4Cc4cccc(F)c4)c3)c12)C(=O)N1CCCC1. The number of halogens is 1. The fourth-order valence-electron chi connectivity index (χ4n) is 4.94. The quantitative estimate of drug-likeness (QED) is 0.320. The maximum Gasteiger partial charge on any atom is 0.263 e. The molecule has 1 saturated heterocycles. The van der Waals surface area contributed by atoms with E-state index in [4.69, 9.17) is 4.74 Å². The molecule has 3 aromatic carbocycles. The molecule has 8 nitrogen and oxygen atoms in total. The molecule has 192 valence electrons. The maximum absolute atomic E-state index is 13.6. The first-order valence-corrected chi connectivity index (χ1v) is 12.7. The third kappa shape index (κ3) is 4.74. The van der Waals surface area contributed by atoms with Crippen LogP contribution >= 0.6 is 0 Å². The van der Waals surface area contributed by atoms with Crippen LogP contribution in [0, 0.1) is 5.82 Å². The Morgan fingerprint density at radius 3 is 2.76 bits per heavy atom. The second-order valence-electron chi connectivity index (χ2n) is 9.50. The molecule has 0 bridgehead atoms. The molecule has 2 aromatic heterocycles. The first-order valence-electron chi connectivity index (χ1n) is 12.7. The summed E-state index contributed by atoms with van der Waals surface area (Å²) in [4.78, 5) is 23.6. The number of hydrogen-bond acceptors (Lipinski definition) is 6. The molecule has 1 fully saturated rings. The summed E-state index contributed by atoms with van der Waals surface area (Å²) in [6, 6.07) is 18.0. The third-order valence-corrected chi connectivity index (χ3v) is 6.82. The minimum atomic E-state index is -0.618. The fraction of sp³-hybridized carbons (Fsp3) is 0.241. The normalized spacial score (nSPS) is 14.2. The van der Waals surface area contributed by atoms with Crippen LogP contribution in [0.3, 0.4) is 0 Å². The number of aromatic nitrogens is 4. The summed E-state index contributed by atoms with van der Waals surface area (Å²) in [6.45, 7) is 3.81. The summed E-state index contributed by atoms with van der Waals surface area (Å²) in [7, 11) is 0. The molecule has 3 heterocycles. The van der Waals surface area contributed by atoms with E-state index in [1.54, 1.807) is 19.2 Å². The number of nitrogens with zero attached hydrogens (tertiary/aromatic N) is 5. The van der Waals surface area contributed by atoms with Gasteiger partial charge in [-0.05, 0) is 67.8 Å². The number of nitrogens with one attached hydrogen (secondary N) is 1. The van der Waals surface area contributed by atoms with E-state index in [9.17, 15) is 9.18 Å². The van der Waals surface area contributed by atoms with Crippen LogP contribution in [0.2, 0.25) is 0 Å². The Balaban J connectivity index is 1.27. The molecule has 6 rings (SSSR count). The van der Waals surface area contributed by atoms with Gasteiger partial charge in [-0.2, -0.15) is 5.10 Å². The molecule has 1 N–H and O–H groups in total. The zero-order chi connectivity index (χ0) is 26.1. The van der Waals surface area contributed by atoms with Crippen molar-refractivity contribution < 1.29 is 13.9 Å². The highest BCUT2D eigenvalue weighted by Gasteiger charge is 2.25. The summed E-state index contributed by atoms with van der Waals surface area (Å²) in [5.41, 5.74) is 3.31. The van der Waals surface area contributed by atoms with Crippen LogP contribution in [0.1, 0.15) is 25.3 Å². The van der Waals surface area contributed by atoms with E-state index in [0.29, 0.717) is 29.0 Å². The van der Waals surface area contributed by atoms with Crippen molar-refractivity contribution in [1.29, 1.82) is 0 Å². The van der Waals surface area contributed by atoms with E-state index in [1.807, 2.05) is 52.0 Å². The van der Waals surface area contributed by atoms with Gasteiger partial charge in [-0.15, -0.1) is 0 Å². The topological polar surface area (TPSA) is 85.2 Å². The average molecular weight is 511 g/mol. The first kappa shape index (κ1) is 23.8. The number of hydrogen-bond donors (Lipinski definition) is 1. The van der Waals surface area contributed by atoms with Gasteiger partial charge in [0.25, 0.3) is 5.91 Å². The number of ether oxygens (including phenoxy) is 1. The average Bonchev–Trinajstić information content (AvgIpc) is 3.59. The van der Waals surface area contributed by atoms with E-state index >= 15 is 0 Å². The second kappa shape index (κ2) is 10.1. The fourth-order valence-corrected chi connectivity index (χ4v) is 4.94. The van der Waals surface area contributed by atoms with Crippen LogP contribution in [-0.2, 0) is 11.3 Å². The second-order valence-corrected chi connectivity index (χ2v) is 9.50. The lowest BCUT2D eigenvalue weighted by atomic mass is 10.2. The number of carbonyl (C=O) groups is 1. The Bertz CT molecular complexity index is 1620. The molecule has 5 aromatic rings. The molecular weight excluding hydrogens is 483 g/mol. The molecule has 38 heavy (non-hydrogen) atoms. The molecule has 9 heteroatoms. The highest BCUT2D eigenvalue weighted by molar-refractivity contribution is 5.97. The van der Waals surface area contributed by atoms with Crippen LogP contribution in [0.25, 0.3) is 21.8 Å². The maximum atomic E-state index is 13.6. The third-order valence-electron chi connectivity index (χ3n) is 6.82. The summed E-state index contributed by atoms with van der Waals surface area (Å²) in [6.07, 6.45) is 4.73. The number of rotatable bonds is 7. The lowest BCUT2D eigenvalue weighted by molar-refractivity contribution is -0.136. The van der Waals surface area contributed by atoms with Crippen molar-refractivity contribution in [2.24, 2.45) is 0 Å². The number of amides is 1. The van der Waals surface area contributed by atoms with Crippen LogP contribution in [0.4, 0.5) is 15.9 Å². The Labute approximate surface area is 219 Å². The molecule has 1 atom stereocenters. The number of benzene rings is 3. The molecule has 0 saturated carbocycles. The molecule has 1 aliphatic heterocycles. The van der Waals surface area contributed by atoms with Gasteiger partial charge in [-0.1, -0.05) is 18.2 Å². The van der Waals surface area contributed by atoms with Gasteiger partial charge in [0, 0.05) is 24.2 Å². The van der Waals surface area contributed by atoms with E-state index in [2.05, 4.69) is 20.4 Å². The minimum Gasteiger partial charge on any atom is -0.480 e. The molecule has 0 spiro atoms. The van der Waals surface area contributed by atoms with Crippen molar-refractivity contribution in [1.82, 2.24) is 24.6 Å². The van der Waals surface area contributed by atoms with Gasteiger partial charge < -0.3 is 15.0 Å². The van der Waals surface area contributed by atoms with Crippen molar-refractivity contribution in [3.8, 4) is 5.75 Å². The van der Waals surface area contributed by atoms with Gasteiger partial charge in [-0.25, -0.2) is 14.4 Å². The van der Waals surface area contributed by atoms with E-state index in [-0.39, 0.29) is 11.7 Å². The number of likely N-dealkylation sites (tertiary alicyclic amines) is 1. The van der Waals surface area contributed by atoms with Gasteiger partial charge in [0.2, 0.25) is 0 Å². The monoisotopic (exact) mass is 510 g/mol. The Kier molecular flexibility index (Phi) is 6.33. The number of anilines is 2. The van der Waals surface area contributed by atoms with Crippen molar-refractivity contribution in [2.75, 3.05) is 18.4 Å². The Morgan fingerprint density at radius 1 is 1.08 bits per heavy atom. The highest BCUT2D eigenvalue weighted by atomic mass is 19.1. The number of carbonyl (C=O) groups excluding carboxylic acids is 1. The summed E-state index contributed by atoms with van der Waals surface area (Å²) in [5.74, 6) is 0.861. The number of fused-ring (bicyclic) bond motifs is 2. The van der Waals surface area contributed by atoms with Gasteiger partial charge in [-0.3, -0.25) is 9.48 Å². The van der Waals surface area contributed by atoms with Gasteiger partial charge >= 0.3 is 0 Å². The Morgan fingerprint density at radius 2 is 1.92 bits per heavy atom. The zero-order valence-corrected chi connectivity index (χ0v) is 21.0.